The Morgan fingerprint density at radius 1 is 1.17 bits per heavy atom. The average molecular weight is 377 g/mol. The summed E-state index contributed by atoms with van der Waals surface area (Å²) in [5.74, 6) is 0.00682. The molecule has 23 heavy (non-hydrogen) atoms. The molecule has 1 aromatic heterocycles. The number of hydrogen-bond acceptors (Lipinski definition) is 4. The van der Waals surface area contributed by atoms with Crippen molar-refractivity contribution in [3.63, 3.8) is 0 Å². The summed E-state index contributed by atoms with van der Waals surface area (Å²) in [7, 11) is -3.72. The van der Waals surface area contributed by atoms with Crippen molar-refractivity contribution in [2.45, 2.75) is 49.5 Å². The molecule has 0 bridgehead atoms. The predicted molar refractivity (Wildman–Crippen MR) is 88.1 cm³/mol. The summed E-state index contributed by atoms with van der Waals surface area (Å²) in [4.78, 5) is 16.1. The van der Waals surface area contributed by atoms with Gasteiger partial charge in [0.05, 0.1) is 5.02 Å². The zero-order valence-corrected chi connectivity index (χ0v) is 14.9. The first-order valence-corrected chi connectivity index (χ1v) is 9.96. The van der Waals surface area contributed by atoms with Crippen LogP contribution in [0.5, 0.6) is 0 Å². The molecular formula is C15H18Cl2N2O3S. The Labute approximate surface area is 146 Å². The van der Waals surface area contributed by atoms with E-state index in [9.17, 15) is 13.2 Å². The molecule has 2 atom stereocenters. The van der Waals surface area contributed by atoms with Gasteiger partial charge in [0.1, 0.15) is 15.8 Å². The van der Waals surface area contributed by atoms with Crippen LogP contribution < -0.4 is 0 Å². The second-order valence-corrected chi connectivity index (χ2v) is 8.74. The normalized spacial score (nSPS) is 26.6. The quantitative estimate of drug-likeness (QED) is 0.758. The van der Waals surface area contributed by atoms with Crippen LogP contribution in [0, 0.1) is 5.92 Å². The lowest BCUT2D eigenvalue weighted by atomic mass is 9.82. The summed E-state index contributed by atoms with van der Waals surface area (Å²) in [6, 6.07) is 1.08. The first-order valence-electron chi connectivity index (χ1n) is 7.77. The van der Waals surface area contributed by atoms with Gasteiger partial charge in [-0.05, 0) is 31.7 Å². The number of Topliss-reactive ketones (excluding diaryl/α,β-unsaturated/α-hetero) is 1. The van der Waals surface area contributed by atoms with Gasteiger partial charge in [-0.15, -0.1) is 0 Å². The second kappa shape index (κ2) is 6.67. The van der Waals surface area contributed by atoms with E-state index in [1.165, 1.54) is 16.6 Å². The zero-order chi connectivity index (χ0) is 16.6. The summed E-state index contributed by atoms with van der Waals surface area (Å²) in [5.41, 5.74) is 0. The molecule has 1 aromatic rings. The Morgan fingerprint density at radius 3 is 2.65 bits per heavy atom. The molecule has 2 aliphatic rings. The highest BCUT2D eigenvalue weighted by Gasteiger charge is 2.42. The summed E-state index contributed by atoms with van der Waals surface area (Å²) in [6.07, 6.45) is 5.94. The van der Waals surface area contributed by atoms with Crippen molar-refractivity contribution < 1.29 is 13.2 Å². The van der Waals surface area contributed by atoms with Crippen LogP contribution in [-0.2, 0) is 14.8 Å². The van der Waals surface area contributed by atoms with Crippen LogP contribution >= 0.6 is 23.2 Å². The molecule has 2 fully saturated rings. The number of halogens is 2. The molecule has 0 N–H and O–H groups in total. The average Bonchev–Trinajstić information content (AvgIpc) is 3.00. The third-order valence-electron chi connectivity index (χ3n) is 4.69. The van der Waals surface area contributed by atoms with Gasteiger partial charge >= 0.3 is 0 Å². The Hall–Kier alpha value is -0.690. The van der Waals surface area contributed by atoms with Crippen molar-refractivity contribution in [3.05, 3.63) is 22.4 Å². The molecular weight excluding hydrogens is 359 g/mol. The van der Waals surface area contributed by atoms with Crippen LogP contribution in [0.4, 0.5) is 0 Å². The fourth-order valence-corrected chi connectivity index (χ4v) is 5.60. The lowest BCUT2D eigenvalue weighted by Gasteiger charge is -2.32. The van der Waals surface area contributed by atoms with Gasteiger partial charge in [-0.25, -0.2) is 13.4 Å². The number of nitrogens with zero attached hydrogens (tertiary/aromatic N) is 2. The minimum absolute atomic E-state index is 0.0297. The maximum atomic E-state index is 12.9. The number of ketones is 1. The van der Waals surface area contributed by atoms with Crippen LogP contribution in [0.25, 0.3) is 0 Å². The molecule has 5 nitrogen and oxygen atoms in total. The Balaban J connectivity index is 1.91. The Morgan fingerprint density at radius 2 is 1.96 bits per heavy atom. The van der Waals surface area contributed by atoms with Crippen molar-refractivity contribution in [1.29, 1.82) is 0 Å². The lowest BCUT2D eigenvalue weighted by Crippen LogP contribution is -2.43. The van der Waals surface area contributed by atoms with Gasteiger partial charge in [-0.1, -0.05) is 29.6 Å². The monoisotopic (exact) mass is 376 g/mol. The topological polar surface area (TPSA) is 67.3 Å². The van der Waals surface area contributed by atoms with Gasteiger partial charge in [-0.3, -0.25) is 4.79 Å². The minimum Gasteiger partial charge on any atom is -0.299 e. The molecule has 1 saturated carbocycles. The summed E-state index contributed by atoms with van der Waals surface area (Å²) >= 11 is 11.7. The first kappa shape index (κ1) is 17.1. The van der Waals surface area contributed by atoms with Crippen LogP contribution in [0.1, 0.15) is 38.5 Å². The molecule has 0 spiro atoms. The minimum atomic E-state index is -3.72. The lowest BCUT2D eigenvalue weighted by molar-refractivity contribution is -0.126. The van der Waals surface area contributed by atoms with E-state index in [1.54, 1.807) is 0 Å². The standard InChI is InChI=1S/C15H18Cl2N2O3S/c16-12-8-10(9-18-15(12)17)23(21,22)19-7-3-5-13(19)11-4-1-2-6-14(11)20/h8-9,11,13H,1-7H2. The molecule has 3 rings (SSSR count). The van der Waals surface area contributed by atoms with Gasteiger partial charge in [0, 0.05) is 31.1 Å². The molecule has 1 aliphatic carbocycles. The highest BCUT2D eigenvalue weighted by atomic mass is 35.5. The van der Waals surface area contributed by atoms with Crippen molar-refractivity contribution in [2.24, 2.45) is 5.92 Å². The van der Waals surface area contributed by atoms with Crippen molar-refractivity contribution in [3.8, 4) is 0 Å². The number of carbonyl (C=O) groups is 1. The SMILES string of the molecule is O=C1CCCCC1C1CCCN1S(=O)(=O)c1cnc(Cl)c(Cl)c1. The van der Waals surface area contributed by atoms with Gasteiger partial charge < -0.3 is 0 Å². The summed E-state index contributed by atoms with van der Waals surface area (Å²) in [5, 5.41) is 0.184. The molecule has 2 heterocycles. The van der Waals surface area contributed by atoms with Crippen LogP contribution in [0.3, 0.4) is 0 Å². The predicted octanol–water partition coefficient (Wildman–Crippen LogP) is 3.30. The molecule has 126 valence electrons. The zero-order valence-electron chi connectivity index (χ0n) is 12.5. The van der Waals surface area contributed by atoms with Crippen LogP contribution in [0.2, 0.25) is 10.2 Å². The number of sulfonamides is 1. The highest BCUT2D eigenvalue weighted by Crippen LogP contribution is 2.36. The third kappa shape index (κ3) is 3.27. The molecule has 1 aliphatic heterocycles. The summed E-state index contributed by atoms with van der Waals surface area (Å²) in [6.45, 7) is 0.428. The number of carbonyl (C=O) groups excluding carboxylic acids is 1. The molecule has 1 saturated heterocycles. The molecule has 0 aromatic carbocycles. The molecule has 2 unspecified atom stereocenters. The third-order valence-corrected chi connectivity index (χ3v) is 7.27. The van der Waals surface area contributed by atoms with Gasteiger partial charge in [0.15, 0.2) is 0 Å². The van der Waals surface area contributed by atoms with Gasteiger partial charge in [0.2, 0.25) is 10.0 Å². The largest absolute Gasteiger partial charge is 0.299 e. The van der Waals surface area contributed by atoms with E-state index >= 15 is 0 Å². The maximum absolute atomic E-state index is 12.9. The fourth-order valence-electron chi connectivity index (χ4n) is 3.56. The number of aromatic nitrogens is 1. The summed E-state index contributed by atoms with van der Waals surface area (Å²) < 4.78 is 27.3. The van der Waals surface area contributed by atoms with E-state index in [-0.39, 0.29) is 32.8 Å². The van der Waals surface area contributed by atoms with Gasteiger partial charge in [0.25, 0.3) is 0 Å². The van der Waals surface area contributed by atoms with E-state index in [2.05, 4.69) is 4.98 Å². The Kier molecular flexibility index (Phi) is 4.97. The van der Waals surface area contributed by atoms with Crippen molar-refractivity contribution in [1.82, 2.24) is 9.29 Å². The number of rotatable bonds is 3. The second-order valence-electron chi connectivity index (χ2n) is 6.09. The number of hydrogen-bond donors (Lipinski definition) is 0. The van der Waals surface area contributed by atoms with E-state index in [0.29, 0.717) is 13.0 Å². The van der Waals surface area contributed by atoms with Crippen LogP contribution in [-0.4, -0.2) is 36.1 Å². The molecule has 0 radical (unpaired) electrons. The first-order chi connectivity index (χ1) is 10.9. The van der Waals surface area contributed by atoms with E-state index in [1.807, 2.05) is 0 Å². The molecule has 8 heteroatoms. The fraction of sp³-hybridized carbons (Fsp3) is 0.600. The smallest absolute Gasteiger partial charge is 0.244 e. The maximum Gasteiger partial charge on any atom is 0.244 e. The number of pyridine rings is 1. The molecule has 0 amide bonds. The van der Waals surface area contributed by atoms with E-state index in [4.69, 9.17) is 23.2 Å². The Bertz CT molecular complexity index is 723. The van der Waals surface area contributed by atoms with E-state index in [0.717, 1.165) is 32.1 Å². The van der Waals surface area contributed by atoms with Crippen molar-refractivity contribution in [2.75, 3.05) is 6.54 Å². The van der Waals surface area contributed by atoms with E-state index < -0.39 is 10.0 Å². The highest BCUT2D eigenvalue weighted by molar-refractivity contribution is 7.89. The van der Waals surface area contributed by atoms with Gasteiger partial charge in [-0.2, -0.15) is 4.31 Å². The van der Waals surface area contributed by atoms with Crippen molar-refractivity contribution >= 4 is 39.0 Å². The van der Waals surface area contributed by atoms with Crippen LogP contribution in [0.15, 0.2) is 17.2 Å².